The standard InChI is InChI=1S/C20H23F2N3O3S/c1-20(2,3)28-19(27)25(4)12-13-7-5-8-14(11-13)24-16(26)15-9-6-10-23-17(15)29-18(21)22/h5-11,18H,12H2,1-4H3,(H,24,26). The first-order chi connectivity index (χ1) is 13.5. The predicted octanol–water partition coefficient (Wildman–Crippen LogP) is 5.02. The van der Waals surface area contributed by atoms with Crippen LogP contribution in [0.3, 0.4) is 0 Å². The van der Waals surface area contributed by atoms with Crippen LogP contribution in [0.2, 0.25) is 0 Å². The third-order valence-corrected chi connectivity index (χ3v) is 4.25. The second-order valence-electron chi connectivity index (χ2n) is 7.23. The quantitative estimate of drug-likeness (QED) is 0.661. The Morgan fingerprint density at radius 1 is 1.24 bits per heavy atom. The largest absolute Gasteiger partial charge is 0.444 e. The Kier molecular flexibility index (Phi) is 7.55. The highest BCUT2D eigenvalue weighted by molar-refractivity contribution is 7.99. The van der Waals surface area contributed by atoms with Crippen LogP contribution < -0.4 is 5.32 Å². The smallest absolute Gasteiger partial charge is 0.410 e. The van der Waals surface area contributed by atoms with Gasteiger partial charge in [0.1, 0.15) is 10.6 Å². The summed E-state index contributed by atoms with van der Waals surface area (Å²) in [6.07, 6.45) is 0.894. The Hall–Kier alpha value is -2.68. The molecule has 2 aromatic rings. The Bertz CT molecular complexity index is 872. The number of benzene rings is 1. The fraction of sp³-hybridized carbons (Fsp3) is 0.350. The maximum absolute atomic E-state index is 12.7. The summed E-state index contributed by atoms with van der Waals surface area (Å²) in [6, 6.07) is 9.86. The lowest BCUT2D eigenvalue weighted by atomic mass is 10.2. The zero-order chi connectivity index (χ0) is 21.6. The lowest BCUT2D eigenvalue weighted by molar-refractivity contribution is 0.0285. The molecule has 0 saturated carbocycles. The van der Waals surface area contributed by atoms with Crippen LogP contribution in [0.5, 0.6) is 0 Å². The summed E-state index contributed by atoms with van der Waals surface area (Å²) in [5.74, 6) is -3.22. The lowest BCUT2D eigenvalue weighted by Gasteiger charge is -2.24. The number of nitrogens with zero attached hydrogens (tertiary/aromatic N) is 2. The molecule has 1 heterocycles. The molecular weight excluding hydrogens is 400 g/mol. The minimum atomic E-state index is -2.68. The number of rotatable bonds is 6. The molecule has 0 radical (unpaired) electrons. The first-order valence-corrected chi connectivity index (χ1v) is 9.67. The number of alkyl halides is 2. The van der Waals surface area contributed by atoms with Gasteiger partial charge in [-0.2, -0.15) is 8.78 Å². The topological polar surface area (TPSA) is 71.5 Å². The minimum absolute atomic E-state index is 0.0409. The average molecular weight is 423 g/mol. The number of nitrogens with one attached hydrogen (secondary N) is 1. The molecule has 0 aliphatic rings. The van der Waals surface area contributed by atoms with Crippen molar-refractivity contribution in [3.63, 3.8) is 0 Å². The van der Waals surface area contributed by atoms with Crippen molar-refractivity contribution in [2.24, 2.45) is 0 Å². The van der Waals surface area contributed by atoms with Crippen LogP contribution in [0.25, 0.3) is 0 Å². The van der Waals surface area contributed by atoms with Gasteiger partial charge in [-0.05, 0) is 62.4 Å². The molecule has 2 amide bonds. The minimum Gasteiger partial charge on any atom is -0.444 e. The van der Waals surface area contributed by atoms with E-state index in [4.69, 9.17) is 4.74 Å². The maximum atomic E-state index is 12.7. The third-order valence-electron chi connectivity index (χ3n) is 3.53. The molecule has 0 saturated heterocycles. The molecule has 0 aliphatic carbocycles. The van der Waals surface area contributed by atoms with E-state index in [0.29, 0.717) is 5.69 Å². The Balaban J connectivity index is 2.08. The molecule has 156 valence electrons. The van der Waals surface area contributed by atoms with Gasteiger partial charge in [-0.3, -0.25) is 4.79 Å². The van der Waals surface area contributed by atoms with E-state index in [1.54, 1.807) is 52.1 Å². The molecule has 0 unspecified atom stereocenters. The number of carbonyl (C=O) groups excluding carboxylic acids is 2. The normalized spacial score (nSPS) is 11.3. The molecule has 1 N–H and O–H groups in total. The third kappa shape index (κ3) is 7.34. The number of hydrogen-bond donors (Lipinski definition) is 1. The van der Waals surface area contributed by atoms with E-state index in [-0.39, 0.29) is 28.9 Å². The van der Waals surface area contributed by atoms with Crippen LogP contribution in [-0.4, -0.2) is 40.3 Å². The summed E-state index contributed by atoms with van der Waals surface area (Å²) in [6.45, 7) is 5.63. The predicted molar refractivity (Wildman–Crippen MR) is 108 cm³/mol. The van der Waals surface area contributed by atoms with E-state index < -0.39 is 23.4 Å². The molecule has 9 heteroatoms. The fourth-order valence-electron chi connectivity index (χ4n) is 2.37. The number of halogens is 2. The molecular formula is C20H23F2N3O3S. The zero-order valence-electron chi connectivity index (χ0n) is 16.6. The number of ether oxygens (including phenoxy) is 1. The lowest BCUT2D eigenvalue weighted by Crippen LogP contribution is -2.33. The Morgan fingerprint density at radius 3 is 2.62 bits per heavy atom. The summed E-state index contributed by atoms with van der Waals surface area (Å²) in [4.78, 5) is 29.9. The molecule has 2 rings (SSSR count). The van der Waals surface area contributed by atoms with Crippen LogP contribution in [0.4, 0.5) is 19.3 Å². The van der Waals surface area contributed by atoms with Gasteiger partial charge >= 0.3 is 6.09 Å². The number of pyridine rings is 1. The van der Waals surface area contributed by atoms with E-state index in [9.17, 15) is 18.4 Å². The van der Waals surface area contributed by atoms with Gasteiger partial charge < -0.3 is 15.0 Å². The first kappa shape index (κ1) is 22.6. The van der Waals surface area contributed by atoms with Crippen molar-refractivity contribution in [1.82, 2.24) is 9.88 Å². The van der Waals surface area contributed by atoms with Crippen molar-refractivity contribution in [2.45, 2.75) is 43.7 Å². The van der Waals surface area contributed by atoms with Crippen LogP contribution in [0.15, 0.2) is 47.6 Å². The monoisotopic (exact) mass is 423 g/mol. The van der Waals surface area contributed by atoms with Crippen LogP contribution in [0.1, 0.15) is 36.7 Å². The van der Waals surface area contributed by atoms with Crippen molar-refractivity contribution in [3.05, 3.63) is 53.7 Å². The van der Waals surface area contributed by atoms with E-state index >= 15 is 0 Å². The zero-order valence-corrected chi connectivity index (χ0v) is 17.4. The molecule has 6 nitrogen and oxygen atoms in total. The van der Waals surface area contributed by atoms with Gasteiger partial charge in [0.05, 0.1) is 5.56 Å². The molecule has 0 spiro atoms. The Labute approximate surface area is 172 Å². The van der Waals surface area contributed by atoms with Crippen molar-refractivity contribution in [1.29, 1.82) is 0 Å². The van der Waals surface area contributed by atoms with Gasteiger partial charge in [0.2, 0.25) is 0 Å². The number of carbonyl (C=O) groups is 2. The summed E-state index contributed by atoms with van der Waals surface area (Å²) in [5.41, 5.74) is 0.708. The van der Waals surface area contributed by atoms with Gasteiger partial charge in [-0.15, -0.1) is 0 Å². The van der Waals surface area contributed by atoms with Gasteiger partial charge in [0.25, 0.3) is 11.7 Å². The van der Waals surface area contributed by atoms with Gasteiger partial charge in [0.15, 0.2) is 0 Å². The number of thioether (sulfide) groups is 1. The molecule has 1 aromatic heterocycles. The molecule has 1 aromatic carbocycles. The second kappa shape index (κ2) is 9.69. The molecule has 0 aliphatic heterocycles. The molecule has 0 fully saturated rings. The summed E-state index contributed by atoms with van der Waals surface area (Å²) < 4.78 is 30.7. The highest BCUT2D eigenvalue weighted by Gasteiger charge is 2.20. The number of hydrogen-bond acceptors (Lipinski definition) is 5. The first-order valence-electron chi connectivity index (χ1n) is 8.79. The number of anilines is 1. The van der Waals surface area contributed by atoms with Crippen LogP contribution >= 0.6 is 11.8 Å². The number of aromatic nitrogens is 1. The SMILES string of the molecule is CN(Cc1cccc(NC(=O)c2cccnc2SC(F)F)c1)C(=O)OC(C)(C)C. The summed E-state index contributed by atoms with van der Waals surface area (Å²) in [5, 5.41) is 2.64. The number of amides is 2. The fourth-order valence-corrected chi connectivity index (χ4v) is 2.94. The van der Waals surface area contributed by atoms with E-state index in [1.807, 2.05) is 0 Å². The Morgan fingerprint density at radius 2 is 1.97 bits per heavy atom. The molecule has 0 atom stereocenters. The maximum Gasteiger partial charge on any atom is 0.410 e. The van der Waals surface area contributed by atoms with Gasteiger partial charge in [-0.1, -0.05) is 12.1 Å². The van der Waals surface area contributed by atoms with Crippen LogP contribution in [0, 0.1) is 0 Å². The van der Waals surface area contributed by atoms with Gasteiger partial charge in [-0.25, -0.2) is 9.78 Å². The van der Waals surface area contributed by atoms with E-state index in [2.05, 4.69) is 10.3 Å². The highest BCUT2D eigenvalue weighted by Crippen LogP contribution is 2.27. The van der Waals surface area contributed by atoms with Crippen molar-refractivity contribution in [3.8, 4) is 0 Å². The van der Waals surface area contributed by atoms with Crippen LogP contribution in [-0.2, 0) is 11.3 Å². The van der Waals surface area contributed by atoms with Crippen molar-refractivity contribution in [2.75, 3.05) is 12.4 Å². The van der Waals surface area contributed by atoms with Crippen molar-refractivity contribution < 1.29 is 23.1 Å². The van der Waals surface area contributed by atoms with E-state index in [1.165, 1.54) is 23.2 Å². The average Bonchev–Trinajstić information content (AvgIpc) is 2.60. The molecule has 29 heavy (non-hydrogen) atoms. The highest BCUT2D eigenvalue weighted by atomic mass is 32.2. The van der Waals surface area contributed by atoms with Crippen molar-refractivity contribution >= 4 is 29.4 Å². The second-order valence-corrected chi connectivity index (χ2v) is 8.20. The van der Waals surface area contributed by atoms with Gasteiger partial charge in [0, 0.05) is 25.5 Å². The van der Waals surface area contributed by atoms with E-state index in [0.717, 1.165) is 5.56 Å². The molecule has 0 bridgehead atoms. The summed E-state index contributed by atoms with van der Waals surface area (Å²) >= 11 is 0.220. The summed E-state index contributed by atoms with van der Waals surface area (Å²) in [7, 11) is 1.61.